The zero-order chi connectivity index (χ0) is 20.6. The van der Waals surface area contributed by atoms with Crippen molar-refractivity contribution < 1.29 is 9.59 Å². The van der Waals surface area contributed by atoms with Crippen molar-refractivity contribution in [2.45, 2.75) is 13.8 Å². The van der Waals surface area contributed by atoms with Gasteiger partial charge >= 0.3 is 0 Å². The van der Waals surface area contributed by atoms with E-state index in [0.29, 0.717) is 10.0 Å². The second-order valence-corrected chi connectivity index (χ2v) is 7.43. The predicted molar refractivity (Wildman–Crippen MR) is 116 cm³/mol. The molecule has 1 aromatic heterocycles. The number of rotatable bonds is 4. The maximum atomic E-state index is 12.7. The van der Waals surface area contributed by atoms with Gasteiger partial charge in [-0.15, -0.1) is 6.58 Å². The van der Waals surface area contributed by atoms with Gasteiger partial charge in [-0.25, -0.2) is 0 Å². The molecule has 0 aliphatic carbocycles. The number of benzene rings is 1. The molecule has 0 bridgehead atoms. The quantitative estimate of drug-likeness (QED) is 0.340. The normalized spacial score (nSPS) is 15.9. The first-order valence-electron chi connectivity index (χ1n) is 8.39. The van der Waals surface area contributed by atoms with Crippen LogP contribution in [0.4, 0.5) is 0 Å². The molecule has 1 aromatic carbocycles. The Morgan fingerprint density at radius 3 is 2.64 bits per heavy atom. The second kappa shape index (κ2) is 7.91. The summed E-state index contributed by atoms with van der Waals surface area (Å²) in [6.07, 6.45) is 3.11. The lowest BCUT2D eigenvalue weighted by atomic mass is 10.1. The molecular formula is C20H17Cl2N3O2S. The molecular weight excluding hydrogens is 417 g/mol. The third kappa shape index (κ3) is 3.51. The van der Waals surface area contributed by atoms with Crippen LogP contribution in [0.3, 0.4) is 0 Å². The van der Waals surface area contributed by atoms with Gasteiger partial charge in [-0.2, -0.15) is 0 Å². The summed E-state index contributed by atoms with van der Waals surface area (Å²) in [7, 11) is 0. The number of carbonyl (C=O) groups is 2. The summed E-state index contributed by atoms with van der Waals surface area (Å²) in [5.41, 5.74) is 3.16. The van der Waals surface area contributed by atoms with Crippen LogP contribution in [0, 0.1) is 13.8 Å². The number of hydrogen-bond donors (Lipinski definition) is 1. The first kappa shape index (κ1) is 20.3. The molecule has 2 aromatic rings. The lowest BCUT2D eigenvalue weighted by molar-refractivity contribution is -0.128. The molecule has 1 aliphatic rings. The molecule has 8 heteroatoms. The average Bonchev–Trinajstić information content (AvgIpc) is 2.91. The van der Waals surface area contributed by atoms with Crippen LogP contribution in [0.15, 0.2) is 42.5 Å². The average molecular weight is 434 g/mol. The van der Waals surface area contributed by atoms with Crippen LogP contribution in [0.1, 0.15) is 17.0 Å². The fourth-order valence-electron chi connectivity index (χ4n) is 3.11. The number of nitrogens with zero attached hydrogens (tertiary/aromatic N) is 2. The van der Waals surface area contributed by atoms with Gasteiger partial charge in [0.25, 0.3) is 11.8 Å². The Kier molecular flexibility index (Phi) is 5.74. The van der Waals surface area contributed by atoms with E-state index >= 15 is 0 Å². The van der Waals surface area contributed by atoms with Crippen molar-refractivity contribution in [3.63, 3.8) is 0 Å². The first-order chi connectivity index (χ1) is 13.3. The Morgan fingerprint density at radius 2 is 1.96 bits per heavy atom. The lowest BCUT2D eigenvalue weighted by Gasteiger charge is -2.27. The number of thiocarbonyl (C=S) groups is 1. The first-order valence-corrected chi connectivity index (χ1v) is 9.55. The number of amides is 2. The van der Waals surface area contributed by atoms with Gasteiger partial charge in [0.2, 0.25) is 0 Å². The Labute approximate surface area is 178 Å². The van der Waals surface area contributed by atoms with Crippen molar-refractivity contribution in [1.82, 2.24) is 14.8 Å². The van der Waals surface area contributed by atoms with Crippen LogP contribution < -0.4 is 5.32 Å². The highest BCUT2D eigenvalue weighted by Gasteiger charge is 2.33. The van der Waals surface area contributed by atoms with Gasteiger partial charge < -0.3 is 4.57 Å². The summed E-state index contributed by atoms with van der Waals surface area (Å²) in [4.78, 5) is 26.4. The molecule has 0 radical (unpaired) electrons. The van der Waals surface area contributed by atoms with Gasteiger partial charge in [0.05, 0.1) is 15.7 Å². The topological polar surface area (TPSA) is 54.3 Å². The largest absolute Gasteiger partial charge is 0.316 e. The van der Waals surface area contributed by atoms with Gasteiger partial charge in [-0.3, -0.25) is 19.8 Å². The van der Waals surface area contributed by atoms with E-state index in [1.807, 2.05) is 36.6 Å². The van der Waals surface area contributed by atoms with E-state index in [-0.39, 0.29) is 17.2 Å². The van der Waals surface area contributed by atoms with E-state index in [1.165, 1.54) is 4.90 Å². The Bertz CT molecular complexity index is 1060. The molecule has 0 atom stereocenters. The van der Waals surface area contributed by atoms with Gasteiger partial charge in [-0.1, -0.05) is 35.3 Å². The van der Waals surface area contributed by atoms with E-state index in [1.54, 1.807) is 18.2 Å². The van der Waals surface area contributed by atoms with Crippen LogP contribution >= 0.6 is 35.4 Å². The Hall–Kier alpha value is -2.41. The molecule has 2 amide bonds. The number of aromatic nitrogens is 1. The van der Waals surface area contributed by atoms with Crippen molar-refractivity contribution in [3.8, 4) is 5.69 Å². The van der Waals surface area contributed by atoms with E-state index in [9.17, 15) is 9.59 Å². The SMILES string of the molecule is C=CCN1C(=O)/C(=C/c2cc(C)n(-c3cccc(Cl)c3Cl)c2C)C(=O)NC1=S. The molecule has 0 saturated carbocycles. The molecule has 0 spiro atoms. The molecule has 3 rings (SSSR count). The number of nitrogens with one attached hydrogen (secondary N) is 1. The van der Waals surface area contributed by atoms with Crippen LogP contribution in [-0.4, -0.2) is 32.9 Å². The number of hydrogen-bond acceptors (Lipinski definition) is 3. The highest BCUT2D eigenvalue weighted by atomic mass is 35.5. The molecule has 144 valence electrons. The minimum absolute atomic E-state index is 0.00731. The molecule has 1 fully saturated rings. The van der Waals surface area contributed by atoms with E-state index in [2.05, 4.69) is 11.9 Å². The van der Waals surface area contributed by atoms with E-state index < -0.39 is 11.8 Å². The fourth-order valence-corrected chi connectivity index (χ4v) is 3.74. The highest BCUT2D eigenvalue weighted by Crippen LogP contribution is 2.32. The van der Waals surface area contributed by atoms with Gasteiger partial charge in [0, 0.05) is 17.9 Å². The summed E-state index contributed by atoms with van der Waals surface area (Å²) in [6.45, 7) is 7.63. The molecule has 5 nitrogen and oxygen atoms in total. The van der Waals surface area contributed by atoms with Crippen LogP contribution in [-0.2, 0) is 9.59 Å². The summed E-state index contributed by atoms with van der Waals surface area (Å²) < 4.78 is 1.93. The minimum Gasteiger partial charge on any atom is -0.316 e. The van der Waals surface area contributed by atoms with E-state index in [0.717, 1.165) is 22.6 Å². The minimum atomic E-state index is -0.527. The maximum Gasteiger partial charge on any atom is 0.265 e. The monoisotopic (exact) mass is 433 g/mol. The zero-order valence-corrected chi connectivity index (χ0v) is 17.6. The predicted octanol–water partition coefficient (Wildman–Crippen LogP) is 4.21. The molecule has 2 heterocycles. The second-order valence-electron chi connectivity index (χ2n) is 6.26. The van der Waals surface area contributed by atoms with Crippen LogP contribution in [0.2, 0.25) is 10.0 Å². The number of aryl methyl sites for hydroxylation is 1. The van der Waals surface area contributed by atoms with Crippen molar-refractivity contribution in [2.24, 2.45) is 0 Å². The summed E-state index contributed by atoms with van der Waals surface area (Å²) in [6, 6.07) is 7.26. The van der Waals surface area contributed by atoms with Crippen LogP contribution in [0.25, 0.3) is 11.8 Å². The standard InChI is InChI=1S/C20H17Cl2N3O2S/c1-4-8-24-19(27)14(18(26)23-20(24)28)10-13-9-11(2)25(12(13)3)16-7-5-6-15(21)17(16)22/h4-7,9-10H,1,8H2,2-3H3,(H,23,26,28)/b14-10+. The van der Waals surface area contributed by atoms with Crippen molar-refractivity contribution >= 4 is 58.4 Å². The summed E-state index contributed by atoms with van der Waals surface area (Å²) in [5, 5.41) is 3.49. The van der Waals surface area contributed by atoms with Crippen molar-refractivity contribution in [2.75, 3.05) is 6.54 Å². The third-order valence-electron chi connectivity index (χ3n) is 4.44. The van der Waals surface area contributed by atoms with Crippen molar-refractivity contribution in [1.29, 1.82) is 0 Å². The molecule has 0 unspecified atom stereocenters. The summed E-state index contributed by atoms with van der Waals surface area (Å²) in [5.74, 6) is -0.986. The number of halogens is 2. The molecule has 1 N–H and O–H groups in total. The highest BCUT2D eigenvalue weighted by molar-refractivity contribution is 7.80. The number of carbonyl (C=O) groups excluding carboxylic acids is 2. The van der Waals surface area contributed by atoms with Gasteiger partial charge in [0.1, 0.15) is 5.57 Å². The van der Waals surface area contributed by atoms with E-state index in [4.69, 9.17) is 35.4 Å². The molecule has 1 saturated heterocycles. The molecule has 1 aliphatic heterocycles. The van der Waals surface area contributed by atoms with Gasteiger partial charge in [-0.05, 0) is 55.9 Å². The molecule has 28 heavy (non-hydrogen) atoms. The Morgan fingerprint density at radius 1 is 1.25 bits per heavy atom. The summed E-state index contributed by atoms with van der Waals surface area (Å²) >= 11 is 17.6. The lowest BCUT2D eigenvalue weighted by Crippen LogP contribution is -2.53. The van der Waals surface area contributed by atoms with Crippen molar-refractivity contribution in [3.05, 3.63) is 69.5 Å². The third-order valence-corrected chi connectivity index (χ3v) is 5.57. The Balaban J connectivity index is 2.09. The fraction of sp³-hybridized carbons (Fsp3) is 0.150. The van der Waals surface area contributed by atoms with Gasteiger partial charge in [0.15, 0.2) is 5.11 Å². The maximum absolute atomic E-state index is 12.7. The zero-order valence-electron chi connectivity index (χ0n) is 15.3. The smallest absolute Gasteiger partial charge is 0.265 e. The van der Waals surface area contributed by atoms with Crippen LogP contribution in [0.5, 0.6) is 0 Å².